The molecule has 0 bridgehead atoms. The van der Waals surface area contributed by atoms with Gasteiger partial charge in [0.2, 0.25) is 0 Å². The number of carbonyl (C=O) groups is 1. The first kappa shape index (κ1) is 35.5. The average Bonchev–Trinajstić information content (AvgIpc) is 2.73. The monoisotopic (exact) mass is 544 g/mol. The third-order valence-electron chi connectivity index (χ3n) is 7.55. The van der Waals surface area contributed by atoms with Crippen molar-refractivity contribution in [3.8, 4) is 0 Å². The average molecular weight is 545 g/mol. The van der Waals surface area contributed by atoms with E-state index < -0.39 is 34.1 Å². The molecule has 214 valence electrons. The van der Waals surface area contributed by atoms with Crippen molar-refractivity contribution in [2.45, 2.75) is 151 Å². The molecule has 0 aliphatic heterocycles. The Morgan fingerprint density at radius 2 is 1.53 bits per heavy atom. The van der Waals surface area contributed by atoms with E-state index in [0.29, 0.717) is 6.61 Å². The van der Waals surface area contributed by atoms with Crippen molar-refractivity contribution in [3.05, 3.63) is 11.6 Å². The van der Waals surface area contributed by atoms with Gasteiger partial charge in [0.25, 0.3) is 0 Å². The van der Waals surface area contributed by atoms with Gasteiger partial charge in [-0.25, -0.2) is 0 Å². The van der Waals surface area contributed by atoms with Crippen LogP contribution in [0, 0.1) is 11.3 Å². The summed E-state index contributed by atoms with van der Waals surface area (Å²) >= 11 is 0. The van der Waals surface area contributed by atoms with Crippen LogP contribution in [0.2, 0.25) is 37.8 Å². The predicted molar refractivity (Wildman–Crippen MR) is 158 cm³/mol. The summed E-state index contributed by atoms with van der Waals surface area (Å²) < 4.78 is 18.8. The minimum atomic E-state index is -1.95. The highest BCUT2D eigenvalue weighted by molar-refractivity contribution is 6.74. The standard InChI is InChI=1S/C29H60O5Si2/c1-15-17-18-19-24(33-36(13,14)28(5,6)7)21-20-22(3)26(34-35(10,11)12)29(8,9)25(30)23(4)27(31)32-16-2/h20,23-26,30H,15-19,21H2,1-14H3/b22-20+/t23-,24-,25+,26-/m1/s1. The maximum atomic E-state index is 12.4. The molecule has 0 aliphatic carbocycles. The van der Waals surface area contributed by atoms with Crippen LogP contribution in [0.5, 0.6) is 0 Å². The number of aliphatic hydroxyl groups excluding tert-OH is 1. The lowest BCUT2D eigenvalue weighted by atomic mass is 9.73. The predicted octanol–water partition coefficient (Wildman–Crippen LogP) is 8.10. The number of rotatable bonds is 16. The molecule has 0 aromatic carbocycles. The van der Waals surface area contributed by atoms with Crippen LogP contribution in [-0.2, 0) is 18.4 Å². The van der Waals surface area contributed by atoms with E-state index in [4.69, 9.17) is 13.6 Å². The molecular formula is C29H60O5Si2. The molecule has 0 fully saturated rings. The molecular weight excluding hydrogens is 484 g/mol. The normalized spacial score (nSPS) is 17.5. The van der Waals surface area contributed by atoms with Crippen LogP contribution in [0.15, 0.2) is 11.6 Å². The Labute approximate surface area is 226 Å². The minimum absolute atomic E-state index is 0.160. The Balaban J connectivity index is 6.05. The van der Waals surface area contributed by atoms with Crippen LogP contribution in [0.4, 0.5) is 0 Å². The number of unbranched alkanes of at least 4 members (excludes halogenated alkanes) is 2. The molecule has 0 radical (unpaired) electrons. The highest BCUT2D eigenvalue weighted by atomic mass is 28.4. The highest BCUT2D eigenvalue weighted by Gasteiger charge is 2.45. The molecule has 5 nitrogen and oxygen atoms in total. The van der Waals surface area contributed by atoms with Gasteiger partial charge in [0, 0.05) is 11.5 Å². The highest BCUT2D eigenvalue weighted by Crippen LogP contribution is 2.40. The third kappa shape index (κ3) is 11.5. The lowest BCUT2D eigenvalue weighted by Crippen LogP contribution is -2.50. The van der Waals surface area contributed by atoms with Crippen molar-refractivity contribution in [2.75, 3.05) is 6.61 Å². The van der Waals surface area contributed by atoms with E-state index in [-0.39, 0.29) is 23.2 Å². The molecule has 4 atom stereocenters. The van der Waals surface area contributed by atoms with Crippen LogP contribution in [0.25, 0.3) is 0 Å². The van der Waals surface area contributed by atoms with Gasteiger partial charge in [-0.2, -0.15) is 0 Å². The number of hydrogen-bond acceptors (Lipinski definition) is 5. The van der Waals surface area contributed by atoms with Gasteiger partial charge in [-0.3, -0.25) is 4.79 Å². The fourth-order valence-electron chi connectivity index (χ4n) is 4.25. The Hall–Kier alpha value is -0.476. The van der Waals surface area contributed by atoms with Gasteiger partial charge in [0.05, 0.1) is 24.7 Å². The second-order valence-electron chi connectivity index (χ2n) is 13.6. The third-order valence-corrected chi connectivity index (χ3v) is 13.0. The Kier molecular flexibility index (Phi) is 14.4. The summed E-state index contributed by atoms with van der Waals surface area (Å²) in [5.74, 6) is -1.01. The number of hydrogen-bond donors (Lipinski definition) is 1. The van der Waals surface area contributed by atoms with E-state index >= 15 is 0 Å². The van der Waals surface area contributed by atoms with Crippen molar-refractivity contribution in [2.24, 2.45) is 11.3 Å². The molecule has 0 saturated carbocycles. The van der Waals surface area contributed by atoms with E-state index in [0.717, 1.165) is 18.4 Å². The molecule has 0 amide bonds. The van der Waals surface area contributed by atoms with E-state index in [1.807, 2.05) is 13.8 Å². The van der Waals surface area contributed by atoms with Gasteiger partial charge in [-0.05, 0) is 77.0 Å². The van der Waals surface area contributed by atoms with Gasteiger partial charge in [0.15, 0.2) is 16.6 Å². The second kappa shape index (κ2) is 14.6. The molecule has 0 aliphatic rings. The summed E-state index contributed by atoms with van der Waals surface area (Å²) in [6, 6.07) is 0. The van der Waals surface area contributed by atoms with Gasteiger partial charge in [0.1, 0.15) is 0 Å². The van der Waals surface area contributed by atoms with E-state index in [9.17, 15) is 9.90 Å². The van der Waals surface area contributed by atoms with Gasteiger partial charge < -0.3 is 18.7 Å². The van der Waals surface area contributed by atoms with Crippen LogP contribution >= 0.6 is 0 Å². The van der Waals surface area contributed by atoms with Crippen molar-refractivity contribution >= 4 is 22.6 Å². The molecule has 36 heavy (non-hydrogen) atoms. The van der Waals surface area contributed by atoms with Gasteiger partial charge in [-0.1, -0.05) is 66.9 Å². The zero-order valence-corrected chi connectivity index (χ0v) is 28.2. The van der Waals surface area contributed by atoms with Crippen LogP contribution < -0.4 is 0 Å². The first-order valence-electron chi connectivity index (χ1n) is 14.1. The van der Waals surface area contributed by atoms with E-state index in [2.05, 4.69) is 73.4 Å². The fourth-order valence-corrected chi connectivity index (χ4v) is 6.85. The van der Waals surface area contributed by atoms with Crippen molar-refractivity contribution in [3.63, 3.8) is 0 Å². The number of aliphatic hydroxyl groups is 1. The lowest BCUT2D eigenvalue weighted by molar-refractivity contribution is -0.156. The van der Waals surface area contributed by atoms with Crippen LogP contribution in [0.3, 0.4) is 0 Å². The summed E-state index contributed by atoms with van der Waals surface area (Å²) in [6.45, 7) is 30.2. The Morgan fingerprint density at radius 3 is 1.97 bits per heavy atom. The minimum Gasteiger partial charge on any atom is -0.466 e. The molecule has 0 spiro atoms. The molecule has 0 unspecified atom stereocenters. The zero-order chi connectivity index (χ0) is 28.5. The largest absolute Gasteiger partial charge is 0.466 e. The zero-order valence-electron chi connectivity index (χ0n) is 26.2. The Bertz CT molecular complexity index is 689. The molecule has 0 rings (SSSR count). The van der Waals surface area contributed by atoms with Crippen molar-refractivity contribution in [1.82, 2.24) is 0 Å². The van der Waals surface area contributed by atoms with E-state index in [1.54, 1.807) is 13.8 Å². The van der Waals surface area contributed by atoms with Gasteiger partial charge >= 0.3 is 5.97 Å². The topological polar surface area (TPSA) is 65.0 Å². The molecule has 7 heteroatoms. The summed E-state index contributed by atoms with van der Waals surface area (Å²) in [7, 11) is -3.85. The molecule has 1 N–H and O–H groups in total. The first-order chi connectivity index (χ1) is 16.2. The van der Waals surface area contributed by atoms with Crippen molar-refractivity contribution < 1.29 is 23.5 Å². The van der Waals surface area contributed by atoms with Gasteiger partial charge in [-0.15, -0.1) is 0 Å². The molecule has 0 aromatic heterocycles. The summed E-state index contributed by atoms with van der Waals surface area (Å²) in [4.78, 5) is 12.4. The molecule has 0 heterocycles. The van der Waals surface area contributed by atoms with Crippen LogP contribution in [0.1, 0.15) is 94.4 Å². The quantitative estimate of drug-likeness (QED) is 0.0920. The summed E-state index contributed by atoms with van der Waals surface area (Å²) in [6.07, 6.45) is 6.68. The van der Waals surface area contributed by atoms with Crippen molar-refractivity contribution in [1.29, 1.82) is 0 Å². The number of ether oxygens (including phenoxy) is 1. The number of esters is 1. The van der Waals surface area contributed by atoms with Crippen LogP contribution in [-0.4, -0.2) is 52.6 Å². The molecule has 0 saturated heterocycles. The van der Waals surface area contributed by atoms with E-state index in [1.165, 1.54) is 19.3 Å². The SMILES string of the molecule is CCCCC[C@H](C/C=C(\C)[C@@H](O[Si](C)(C)C)C(C)(C)[C@@H](O)[C@@H](C)C(=O)OCC)O[Si](C)(C)C(C)(C)C. The first-order valence-corrected chi connectivity index (χ1v) is 20.4. The Morgan fingerprint density at radius 1 is 0.972 bits per heavy atom. The summed E-state index contributed by atoms with van der Waals surface area (Å²) in [5, 5.41) is 11.5. The fraction of sp³-hybridized carbons (Fsp3) is 0.897. The summed E-state index contributed by atoms with van der Waals surface area (Å²) in [5.41, 5.74) is 0.419. The maximum absolute atomic E-state index is 12.4. The second-order valence-corrected chi connectivity index (χ2v) is 22.8. The maximum Gasteiger partial charge on any atom is 0.311 e. The number of carbonyl (C=O) groups excluding carboxylic acids is 1. The lowest BCUT2D eigenvalue weighted by Gasteiger charge is -2.43. The smallest absolute Gasteiger partial charge is 0.311 e. The molecule has 0 aromatic rings.